The van der Waals surface area contributed by atoms with Gasteiger partial charge >= 0.3 is 6.03 Å². The molecule has 2 amide bonds. The summed E-state index contributed by atoms with van der Waals surface area (Å²) in [6.07, 6.45) is 4.29. The van der Waals surface area contributed by atoms with E-state index in [-0.39, 0.29) is 11.9 Å². The Morgan fingerprint density at radius 3 is 2.60 bits per heavy atom. The summed E-state index contributed by atoms with van der Waals surface area (Å²) in [5, 5.41) is 14.7. The molecule has 3 N–H and O–H groups in total. The van der Waals surface area contributed by atoms with E-state index in [1.165, 1.54) is 0 Å². The van der Waals surface area contributed by atoms with Gasteiger partial charge in [-0.05, 0) is 19.3 Å². The van der Waals surface area contributed by atoms with Crippen LogP contribution in [0.25, 0.3) is 0 Å². The first-order valence-corrected chi connectivity index (χ1v) is 5.38. The molecule has 0 fully saturated rings. The number of carbonyl (C=O) groups excluding carboxylic acids is 1. The van der Waals surface area contributed by atoms with Gasteiger partial charge in [0.2, 0.25) is 0 Å². The van der Waals surface area contributed by atoms with E-state index in [1.807, 2.05) is 32.9 Å². The molecule has 15 heavy (non-hydrogen) atoms. The fourth-order valence-corrected chi connectivity index (χ4v) is 0.931. The topological polar surface area (TPSA) is 61.4 Å². The zero-order valence-electron chi connectivity index (χ0n) is 9.79. The van der Waals surface area contributed by atoms with Crippen LogP contribution in [0.5, 0.6) is 0 Å². The third-order valence-corrected chi connectivity index (χ3v) is 2.07. The minimum absolute atomic E-state index is 0.160. The summed E-state index contributed by atoms with van der Waals surface area (Å²) in [5.74, 6) is 0.160. The number of rotatable bonds is 6. The summed E-state index contributed by atoms with van der Waals surface area (Å²) in [5.41, 5.74) is 0. The highest BCUT2D eigenvalue weighted by Gasteiger charge is 2.09. The van der Waals surface area contributed by atoms with Crippen LogP contribution in [0.1, 0.15) is 27.2 Å². The second-order valence-corrected chi connectivity index (χ2v) is 3.81. The zero-order chi connectivity index (χ0) is 11.7. The van der Waals surface area contributed by atoms with Crippen molar-refractivity contribution in [1.29, 1.82) is 0 Å². The van der Waals surface area contributed by atoms with Gasteiger partial charge in [0.05, 0.1) is 6.10 Å². The number of hydrogen-bond donors (Lipinski definition) is 3. The molecule has 0 aliphatic rings. The van der Waals surface area contributed by atoms with Gasteiger partial charge in [-0.3, -0.25) is 0 Å². The second kappa shape index (κ2) is 8.29. The van der Waals surface area contributed by atoms with Crippen molar-refractivity contribution >= 4 is 6.03 Å². The van der Waals surface area contributed by atoms with Crippen molar-refractivity contribution in [2.45, 2.75) is 33.3 Å². The van der Waals surface area contributed by atoms with Crippen LogP contribution in [-0.4, -0.2) is 30.3 Å². The van der Waals surface area contributed by atoms with Crippen LogP contribution in [0, 0.1) is 5.92 Å². The Morgan fingerprint density at radius 2 is 2.07 bits per heavy atom. The van der Waals surface area contributed by atoms with Gasteiger partial charge in [0.25, 0.3) is 0 Å². The fourth-order valence-electron chi connectivity index (χ4n) is 0.931. The summed E-state index contributed by atoms with van der Waals surface area (Å²) in [4.78, 5) is 11.2. The highest BCUT2D eigenvalue weighted by molar-refractivity contribution is 5.73. The number of hydrogen-bond acceptors (Lipinski definition) is 2. The van der Waals surface area contributed by atoms with Gasteiger partial charge in [-0.2, -0.15) is 0 Å². The highest BCUT2D eigenvalue weighted by Crippen LogP contribution is 1.98. The van der Waals surface area contributed by atoms with E-state index in [4.69, 9.17) is 0 Å². The Labute approximate surface area is 91.8 Å². The molecule has 0 aromatic carbocycles. The van der Waals surface area contributed by atoms with Crippen molar-refractivity contribution in [3.8, 4) is 0 Å². The summed E-state index contributed by atoms with van der Waals surface area (Å²) in [6.45, 7) is 6.69. The van der Waals surface area contributed by atoms with Gasteiger partial charge in [-0.25, -0.2) is 4.79 Å². The number of allylic oxidation sites excluding steroid dienone is 1. The minimum Gasteiger partial charge on any atom is -0.391 e. The standard InChI is InChI=1S/C11H22N2O2/c1-4-5-6-7-12-11(15)13-8-10(14)9(2)3/h4-5,9-10,14H,6-8H2,1-3H3,(H2,12,13,15)/b5-4+. The van der Waals surface area contributed by atoms with E-state index in [0.29, 0.717) is 13.1 Å². The number of nitrogens with one attached hydrogen (secondary N) is 2. The summed E-state index contributed by atoms with van der Waals surface area (Å²) in [6, 6.07) is -0.223. The summed E-state index contributed by atoms with van der Waals surface area (Å²) >= 11 is 0. The first-order chi connectivity index (χ1) is 7.07. The summed E-state index contributed by atoms with van der Waals surface area (Å²) < 4.78 is 0. The van der Waals surface area contributed by atoms with E-state index in [1.54, 1.807) is 0 Å². The van der Waals surface area contributed by atoms with Gasteiger partial charge < -0.3 is 15.7 Å². The minimum atomic E-state index is -0.480. The zero-order valence-corrected chi connectivity index (χ0v) is 9.79. The van der Waals surface area contributed by atoms with Gasteiger partial charge in [0, 0.05) is 13.1 Å². The molecule has 0 bridgehead atoms. The molecule has 0 radical (unpaired) electrons. The molecule has 0 aliphatic heterocycles. The molecule has 0 heterocycles. The number of urea groups is 1. The lowest BCUT2D eigenvalue weighted by molar-refractivity contribution is 0.125. The van der Waals surface area contributed by atoms with Crippen LogP contribution >= 0.6 is 0 Å². The lowest BCUT2D eigenvalue weighted by atomic mass is 10.1. The molecule has 4 nitrogen and oxygen atoms in total. The first-order valence-electron chi connectivity index (χ1n) is 5.38. The van der Waals surface area contributed by atoms with E-state index >= 15 is 0 Å². The Bertz CT molecular complexity index is 203. The fraction of sp³-hybridized carbons (Fsp3) is 0.727. The maximum Gasteiger partial charge on any atom is 0.314 e. The number of amides is 2. The Kier molecular flexibility index (Phi) is 7.72. The smallest absolute Gasteiger partial charge is 0.314 e. The van der Waals surface area contributed by atoms with Crippen molar-refractivity contribution < 1.29 is 9.90 Å². The highest BCUT2D eigenvalue weighted by atomic mass is 16.3. The maximum atomic E-state index is 11.2. The molecule has 0 aliphatic carbocycles. The lowest BCUT2D eigenvalue weighted by Gasteiger charge is -2.15. The van der Waals surface area contributed by atoms with Gasteiger partial charge in [-0.15, -0.1) is 0 Å². The van der Waals surface area contributed by atoms with Crippen molar-refractivity contribution in [3.63, 3.8) is 0 Å². The van der Waals surface area contributed by atoms with Crippen molar-refractivity contribution in [3.05, 3.63) is 12.2 Å². The maximum absolute atomic E-state index is 11.2. The number of aliphatic hydroxyl groups is 1. The molecule has 1 unspecified atom stereocenters. The third-order valence-electron chi connectivity index (χ3n) is 2.07. The largest absolute Gasteiger partial charge is 0.391 e. The quantitative estimate of drug-likeness (QED) is 0.460. The van der Waals surface area contributed by atoms with Gasteiger partial charge in [-0.1, -0.05) is 26.0 Å². The first kappa shape index (κ1) is 14.0. The summed E-state index contributed by atoms with van der Waals surface area (Å²) in [7, 11) is 0. The molecule has 0 saturated heterocycles. The van der Waals surface area contributed by atoms with Crippen molar-refractivity contribution in [2.75, 3.05) is 13.1 Å². The van der Waals surface area contributed by atoms with E-state index in [2.05, 4.69) is 10.6 Å². The Balaban J connectivity index is 3.49. The van der Waals surface area contributed by atoms with Gasteiger partial charge in [0.15, 0.2) is 0 Å². The van der Waals surface area contributed by atoms with Crippen LogP contribution in [0.3, 0.4) is 0 Å². The molecule has 0 aromatic heterocycles. The average molecular weight is 214 g/mol. The Hall–Kier alpha value is -1.03. The molecule has 0 spiro atoms. The number of aliphatic hydroxyl groups excluding tert-OH is 1. The molecule has 0 aromatic rings. The molecular formula is C11H22N2O2. The van der Waals surface area contributed by atoms with E-state index < -0.39 is 6.10 Å². The lowest BCUT2D eigenvalue weighted by Crippen LogP contribution is -2.41. The molecule has 4 heteroatoms. The van der Waals surface area contributed by atoms with Crippen molar-refractivity contribution in [2.24, 2.45) is 5.92 Å². The normalized spacial score (nSPS) is 13.1. The molecule has 0 rings (SSSR count). The van der Waals surface area contributed by atoms with Crippen molar-refractivity contribution in [1.82, 2.24) is 10.6 Å². The third kappa shape index (κ3) is 8.00. The predicted molar refractivity (Wildman–Crippen MR) is 61.7 cm³/mol. The van der Waals surface area contributed by atoms with Crippen LogP contribution in [0.2, 0.25) is 0 Å². The molecule has 0 saturated carbocycles. The van der Waals surface area contributed by atoms with Crippen LogP contribution in [0.15, 0.2) is 12.2 Å². The van der Waals surface area contributed by atoms with Crippen LogP contribution in [0.4, 0.5) is 4.79 Å². The molecule has 88 valence electrons. The van der Waals surface area contributed by atoms with E-state index in [9.17, 15) is 9.90 Å². The van der Waals surface area contributed by atoms with Crippen LogP contribution < -0.4 is 10.6 Å². The molecule has 1 atom stereocenters. The monoisotopic (exact) mass is 214 g/mol. The number of carbonyl (C=O) groups is 1. The van der Waals surface area contributed by atoms with E-state index in [0.717, 1.165) is 6.42 Å². The second-order valence-electron chi connectivity index (χ2n) is 3.81. The predicted octanol–water partition coefficient (Wildman–Crippen LogP) is 1.27. The molecular weight excluding hydrogens is 192 g/mol. The Morgan fingerprint density at radius 1 is 1.40 bits per heavy atom. The van der Waals surface area contributed by atoms with Crippen LogP contribution in [-0.2, 0) is 0 Å². The average Bonchev–Trinajstić information content (AvgIpc) is 2.20. The van der Waals surface area contributed by atoms with Gasteiger partial charge in [0.1, 0.15) is 0 Å². The SMILES string of the molecule is C/C=C/CCNC(=O)NCC(O)C(C)C.